The molecule has 0 radical (unpaired) electrons. The minimum atomic E-state index is -6.27. The molecule has 0 bridgehead atoms. The molecule has 0 atom stereocenters. The molecule has 0 aliphatic rings. The van der Waals surface area contributed by atoms with Gasteiger partial charge in [0.05, 0.1) is 17.5 Å². The van der Waals surface area contributed by atoms with Crippen molar-refractivity contribution < 1.29 is 44.3 Å². The number of hydrogen-bond acceptors (Lipinski definition) is 4. The highest BCUT2D eigenvalue weighted by molar-refractivity contribution is 5.99. The summed E-state index contributed by atoms with van der Waals surface area (Å²) in [4.78, 5) is 15.2. The van der Waals surface area contributed by atoms with E-state index in [0.29, 0.717) is 6.07 Å². The summed E-state index contributed by atoms with van der Waals surface area (Å²) in [6.07, 6.45) is -9.67. The van der Waals surface area contributed by atoms with Gasteiger partial charge in [-0.15, -0.1) is 0 Å². The molecule has 3 N–H and O–H groups in total. The summed E-state index contributed by atoms with van der Waals surface area (Å²) in [6, 6.07) is 1.36. The number of carbonyl (C=O) groups excluding carboxylic acids is 1. The number of nitrogens with one attached hydrogen (secondary N) is 1. The molecular formula is C16H8F8N4O2. The van der Waals surface area contributed by atoms with E-state index in [4.69, 9.17) is 5.73 Å². The first-order valence-corrected chi connectivity index (χ1v) is 7.68. The van der Waals surface area contributed by atoms with Crippen LogP contribution in [0, 0.1) is 0 Å². The molecule has 1 amide bonds. The number of nitrogens with zero attached hydrogens (tertiary/aromatic N) is 2. The lowest BCUT2D eigenvalue weighted by Gasteiger charge is -2.26. The van der Waals surface area contributed by atoms with Crippen molar-refractivity contribution in [1.82, 2.24) is 15.2 Å². The number of alkyl halides is 8. The number of nitrogens with two attached hydrogens (primary N) is 1. The van der Waals surface area contributed by atoms with Crippen molar-refractivity contribution in [2.45, 2.75) is 18.3 Å². The average molecular weight is 440 g/mol. The van der Waals surface area contributed by atoms with Gasteiger partial charge in [-0.3, -0.25) is 9.89 Å². The van der Waals surface area contributed by atoms with Gasteiger partial charge in [-0.05, 0) is 6.07 Å². The van der Waals surface area contributed by atoms with Gasteiger partial charge >= 0.3 is 18.3 Å². The number of aromatic nitrogens is 3. The van der Waals surface area contributed by atoms with Crippen LogP contribution in [-0.4, -0.2) is 27.3 Å². The van der Waals surface area contributed by atoms with Gasteiger partial charge in [0.15, 0.2) is 6.39 Å². The summed E-state index contributed by atoms with van der Waals surface area (Å²) < 4.78 is 113. The first kappa shape index (κ1) is 21.3. The molecule has 14 heteroatoms. The highest BCUT2D eigenvalue weighted by atomic mass is 19.4. The van der Waals surface area contributed by atoms with E-state index in [2.05, 4.69) is 14.5 Å². The Kier molecular flexibility index (Phi) is 4.83. The molecular weight excluding hydrogens is 432 g/mol. The molecule has 0 fully saturated rings. The first-order chi connectivity index (χ1) is 13.8. The van der Waals surface area contributed by atoms with Gasteiger partial charge in [-0.25, -0.2) is 4.98 Å². The predicted molar refractivity (Wildman–Crippen MR) is 83.0 cm³/mol. The molecule has 0 spiro atoms. The monoisotopic (exact) mass is 440 g/mol. The fourth-order valence-electron chi connectivity index (χ4n) is 2.79. The van der Waals surface area contributed by atoms with Gasteiger partial charge in [-0.2, -0.15) is 40.2 Å². The normalized spacial score (nSPS) is 12.9. The van der Waals surface area contributed by atoms with Crippen molar-refractivity contribution in [1.29, 1.82) is 0 Å². The SMILES string of the molecule is NC(=O)c1ccc(-c2cocn2)c(-c2[nH]ncc2C(F)(F)F)c1C(F)(F)C(F)(F)F. The number of amides is 1. The standard InChI is InChI=1S/C16H8F8N4O2/c17-14(18,16(22,23)24)11-7(13(25)29)2-1-6(9-4-30-5-26-9)10(11)12-8(3-27-28-12)15(19,20)21/h1-5H,(H2,25,29)(H,27,28). The van der Waals surface area contributed by atoms with Crippen molar-refractivity contribution in [3.63, 3.8) is 0 Å². The zero-order valence-corrected chi connectivity index (χ0v) is 14.2. The van der Waals surface area contributed by atoms with Gasteiger partial charge in [-0.1, -0.05) is 6.07 Å². The molecule has 0 saturated carbocycles. The average Bonchev–Trinajstić information content (AvgIpc) is 3.30. The summed E-state index contributed by atoms with van der Waals surface area (Å²) in [6.45, 7) is 0. The number of rotatable bonds is 4. The van der Waals surface area contributed by atoms with E-state index >= 15 is 0 Å². The second-order valence-corrected chi connectivity index (χ2v) is 5.88. The molecule has 3 aromatic rings. The summed E-state index contributed by atoms with van der Waals surface area (Å²) in [5, 5.41) is 4.90. The number of oxazole rings is 1. The summed E-state index contributed by atoms with van der Waals surface area (Å²) in [5.74, 6) is -7.48. The zero-order valence-electron chi connectivity index (χ0n) is 14.2. The number of aromatic amines is 1. The predicted octanol–water partition coefficient (Wildman–Crippen LogP) is 4.50. The number of carbonyl (C=O) groups is 1. The van der Waals surface area contributed by atoms with Crippen molar-refractivity contribution in [2.75, 3.05) is 0 Å². The Morgan fingerprint density at radius 3 is 2.23 bits per heavy atom. The lowest BCUT2D eigenvalue weighted by atomic mass is 9.87. The lowest BCUT2D eigenvalue weighted by molar-refractivity contribution is -0.289. The third-order valence-electron chi connectivity index (χ3n) is 4.04. The fraction of sp³-hybridized carbons (Fsp3) is 0.188. The molecule has 2 heterocycles. The number of hydrogen-bond donors (Lipinski definition) is 2. The molecule has 0 aliphatic carbocycles. The molecule has 0 aliphatic heterocycles. The number of H-pyrrole nitrogens is 1. The summed E-state index contributed by atoms with van der Waals surface area (Å²) in [7, 11) is 0. The molecule has 3 rings (SSSR count). The van der Waals surface area contributed by atoms with Gasteiger partial charge < -0.3 is 10.2 Å². The van der Waals surface area contributed by atoms with Crippen LogP contribution in [0.2, 0.25) is 0 Å². The molecule has 160 valence electrons. The quantitative estimate of drug-likeness (QED) is 0.584. The van der Waals surface area contributed by atoms with Crippen LogP contribution in [-0.2, 0) is 12.1 Å². The van der Waals surface area contributed by atoms with Crippen LogP contribution in [0.15, 0.2) is 35.4 Å². The van der Waals surface area contributed by atoms with Crippen LogP contribution in [0.3, 0.4) is 0 Å². The van der Waals surface area contributed by atoms with Gasteiger partial charge in [0.1, 0.15) is 17.5 Å². The topological polar surface area (TPSA) is 97.8 Å². The van der Waals surface area contributed by atoms with Crippen molar-refractivity contribution in [3.05, 3.63) is 47.7 Å². The Morgan fingerprint density at radius 1 is 1.07 bits per heavy atom. The van der Waals surface area contributed by atoms with Crippen molar-refractivity contribution >= 4 is 5.91 Å². The minimum Gasteiger partial charge on any atom is -0.451 e. The van der Waals surface area contributed by atoms with Crippen LogP contribution in [0.1, 0.15) is 21.5 Å². The molecule has 2 aromatic heterocycles. The third kappa shape index (κ3) is 3.37. The Bertz CT molecular complexity index is 1080. The first-order valence-electron chi connectivity index (χ1n) is 7.68. The highest BCUT2D eigenvalue weighted by Gasteiger charge is 2.61. The Hall–Kier alpha value is -3.45. The number of primary amides is 1. The number of benzene rings is 1. The largest absolute Gasteiger partial charge is 0.458 e. The van der Waals surface area contributed by atoms with E-state index in [1.807, 2.05) is 0 Å². The van der Waals surface area contributed by atoms with E-state index in [-0.39, 0.29) is 11.9 Å². The Labute approximate surface area is 160 Å². The molecule has 0 unspecified atom stereocenters. The maximum Gasteiger partial charge on any atom is 0.458 e. The van der Waals surface area contributed by atoms with Crippen LogP contribution in [0.25, 0.3) is 22.5 Å². The molecule has 30 heavy (non-hydrogen) atoms. The Balaban J connectivity index is 2.54. The highest BCUT2D eigenvalue weighted by Crippen LogP contribution is 2.52. The molecule has 6 nitrogen and oxygen atoms in total. The number of halogens is 8. The van der Waals surface area contributed by atoms with Crippen molar-refractivity contribution in [2.24, 2.45) is 5.73 Å². The van der Waals surface area contributed by atoms with Crippen molar-refractivity contribution in [3.8, 4) is 22.5 Å². The smallest absolute Gasteiger partial charge is 0.451 e. The maximum absolute atomic E-state index is 14.5. The van der Waals surface area contributed by atoms with E-state index in [1.54, 1.807) is 5.10 Å². The van der Waals surface area contributed by atoms with Gasteiger partial charge in [0.25, 0.3) is 0 Å². The fourth-order valence-corrected chi connectivity index (χ4v) is 2.79. The van der Waals surface area contributed by atoms with E-state index < -0.39 is 57.7 Å². The molecule has 0 saturated heterocycles. The van der Waals surface area contributed by atoms with Crippen LogP contribution < -0.4 is 5.73 Å². The minimum absolute atomic E-state index is 0.203. The lowest BCUT2D eigenvalue weighted by Crippen LogP contribution is -2.36. The second-order valence-electron chi connectivity index (χ2n) is 5.88. The Morgan fingerprint density at radius 2 is 1.73 bits per heavy atom. The van der Waals surface area contributed by atoms with Gasteiger partial charge in [0, 0.05) is 16.7 Å². The van der Waals surface area contributed by atoms with E-state index in [9.17, 15) is 39.9 Å². The summed E-state index contributed by atoms with van der Waals surface area (Å²) >= 11 is 0. The zero-order chi connectivity index (χ0) is 22.5. The van der Waals surface area contributed by atoms with Crippen LogP contribution in [0.4, 0.5) is 35.1 Å². The maximum atomic E-state index is 14.5. The molecule has 1 aromatic carbocycles. The van der Waals surface area contributed by atoms with Crippen LogP contribution >= 0.6 is 0 Å². The summed E-state index contributed by atoms with van der Waals surface area (Å²) in [5.41, 5.74) is -3.61. The van der Waals surface area contributed by atoms with E-state index in [0.717, 1.165) is 18.7 Å². The second kappa shape index (κ2) is 6.81. The third-order valence-corrected chi connectivity index (χ3v) is 4.04. The van der Waals surface area contributed by atoms with E-state index in [1.165, 1.54) is 0 Å². The van der Waals surface area contributed by atoms with Crippen LogP contribution in [0.5, 0.6) is 0 Å². The van der Waals surface area contributed by atoms with Gasteiger partial charge in [0.2, 0.25) is 5.91 Å².